The second kappa shape index (κ2) is 7.04. The molecule has 2 aromatic rings. The number of likely N-dealkylation sites (N-methyl/N-ethyl adjacent to an activating group) is 1. The van der Waals surface area contributed by atoms with Crippen molar-refractivity contribution in [3.63, 3.8) is 0 Å². The highest BCUT2D eigenvalue weighted by atomic mass is 16.6. The van der Waals surface area contributed by atoms with E-state index in [0.29, 0.717) is 18.9 Å². The van der Waals surface area contributed by atoms with Crippen LogP contribution in [0.25, 0.3) is 0 Å². The molecule has 0 aliphatic carbocycles. The van der Waals surface area contributed by atoms with Crippen LogP contribution in [0.4, 0.5) is 5.69 Å². The number of nitrogens with zero attached hydrogens (tertiary/aromatic N) is 2. The van der Waals surface area contributed by atoms with Crippen molar-refractivity contribution in [1.29, 1.82) is 0 Å². The summed E-state index contributed by atoms with van der Waals surface area (Å²) < 4.78 is 11.7. The van der Waals surface area contributed by atoms with Gasteiger partial charge in [-0.05, 0) is 49.7 Å². The van der Waals surface area contributed by atoms with Gasteiger partial charge >= 0.3 is 0 Å². The topological polar surface area (TPSA) is 62.2 Å². The monoisotopic (exact) mass is 394 g/mol. The first-order chi connectivity index (χ1) is 14.1. The van der Waals surface area contributed by atoms with E-state index in [0.717, 1.165) is 42.9 Å². The van der Waals surface area contributed by atoms with Gasteiger partial charge in [0.1, 0.15) is 12.7 Å². The molecule has 5 rings (SSSR count). The molecule has 3 aliphatic rings. The quantitative estimate of drug-likeness (QED) is 0.865. The number of carbonyl (C=O) groups excluding carboxylic acids is 1. The number of hydrogen-bond donors (Lipinski definition) is 1. The second-order valence-corrected chi connectivity index (χ2v) is 8.25. The summed E-state index contributed by atoms with van der Waals surface area (Å²) in [6.07, 6.45) is 0.502. The summed E-state index contributed by atoms with van der Waals surface area (Å²) in [5, 5.41) is 10.7. The number of likely N-dealkylation sites (tertiary alicyclic amines) is 1. The number of hydrogen-bond acceptors (Lipinski definition) is 5. The minimum absolute atomic E-state index is 0.194. The molecule has 29 heavy (non-hydrogen) atoms. The number of rotatable bonds is 3. The molecule has 0 aromatic heterocycles. The number of aliphatic hydroxyl groups is 1. The van der Waals surface area contributed by atoms with Gasteiger partial charge in [0.25, 0.3) is 0 Å². The average molecular weight is 394 g/mol. The number of β-amino-alcohol motifs (C(OH)–C–C–N with tert-alkyl or cyclic N) is 1. The Morgan fingerprint density at radius 3 is 2.59 bits per heavy atom. The van der Waals surface area contributed by atoms with Gasteiger partial charge in [-0.3, -0.25) is 4.79 Å². The van der Waals surface area contributed by atoms with E-state index < -0.39 is 11.5 Å². The summed E-state index contributed by atoms with van der Waals surface area (Å²) >= 11 is 0. The summed E-state index contributed by atoms with van der Waals surface area (Å²) in [5.41, 5.74) is 1.75. The minimum Gasteiger partial charge on any atom is -0.486 e. The van der Waals surface area contributed by atoms with E-state index in [-0.39, 0.29) is 12.0 Å². The van der Waals surface area contributed by atoms with Gasteiger partial charge in [-0.1, -0.05) is 30.3 Å². The average Bonchev–Trinajstić information content (AvgIpc) is 2.97. The van der Waals surface area contributed by atoms with Crippen molar-refractivity contribution in [1.82, 2.24) is 4.90 Å². The zero-order valence-corrected chi connectivity index (χ0v) is 16.6. The predicted molar refractivity (Wildman–Crippen MR) is 110 cm³/mol. The maximum atomic E-state index is 13.1. The van der Waals surface area contributed by atoms with Crippen molar-refractivity contribution in [2.75, 3.05) is 38.2 Å². The molecule has 152 valence electrons. The van der Waals surface area contributed by atoms with Crippen molar-refractivity contribution in [2.24, 2.45) is 0 Å². The van der Waals surface area contributed by atoms with E-state index in [1.165, 1.54) is 0 Å². The van der Waals surface area contributed by atoms with Crippen LogP contribution in [0.15, 0.2) is 48.5 Å². The summed E-state index contributed by atoms with van der Waals surface area (Å²) in [5.74, 6) is 1.59. The van der Waals surface area contributed by atoms with Gasteiger partial charge in [-0.25, -0.2) is 0 Å². The Balaban J connectivity index is 1.24. The first kappa shape index (κ1) is 18.5. The number of benzene rings is 2. The van der Waals surface area contributed by atoms with Crippen LogP contribution in [0.3, 0.4) is 0 Å². The third-order valence-electron chi connectivity index (χ3n) is 6.61. The van der Waals surface area contributed by atoms with E-state index in [2.05, 4.69) is 11.0 Å². The van der Waals surface area contributed by atoms with E-state index in [4.69, 9.17) is 9.47 Å². The first-order valence-corrected chi connectivity index (χ1v) is 10.2. The van der Waals surface area contributed by atoms with Crippen LogP contribution in [-0.2, 0) is 10.2 Å². The van der Waals surface area contributed by atoms with Gasteiger partial charge in [-0.2, -0.15) is 0 Å². The molecule has 0 radical (unpaired) electrons. The van der Waals surface area contributed by atoms with Gasteiger partial charge in [0.15, 0.2) is 17.6 Å². The number of para-hydroxylation sites is 3. The van der Waals surface area contributed by atoms with Crippen LogP contribution in [0.5, 0.6) is 11.5 Å². The Kier molecular flexibility index (Phi) is 4.48. The maximum absolute atomic E-state index is 13.1. The smallest absolute Gasteiger partial charge is 0.237 e. The lowest BCUT2D eigenvalue weighted by Gasteiger charge is -2.40. The number of fused-ring (bicyclic) bond motifs is 3. The Morgan fingerprint density at radius 2 is 1.79 bits per heavy atom. The summed E-state index contributed by atoms with van der Waals surface area (Å²) in [6, 6.07) is 15.6. The molecule has 6 heteroatoms. The molecule has 1 amide bonds. The van der Waals surface area contributed by atoms with Crippen LogP contribution >= 0.6 is 0 Å². The van der Waals surface area contributed by atoms with Crippen molar-refractivity contribution >= 4 is 11.6 Å². The fourth-order valence-corrected chi connectivity index (χ4v) is 4.92. The minimum atomic E-state index is -0.647. The summed E-state index contributed by atoms with van der Waals surface area (Å²) in [7, 11) is 1.87. The standard InChI is InChI=1S/C23H26N2O4/c1-24-17-7-3-2-6-16(17)23(22(24)27)10-12-25(13-11-23)14-18(26)21-15-28-19-8-4-5-9-20(19)29-21/h2-9,18,21,26H,10-15H2,1H3. The number of ether oxygens (including phenoxy) is 2. The molecule has 0 saturated carbocycles. The van der Waals surface area contributed by atoms with Crippen LogP contribution < -0.4 is 14.4 Å². The van der Waals surface area contributed by atoms with Crippen LogP contribution in [-0.4, -0.2) is 61.4 Å². The molecule has 2 aromatic carbocycles. The molecule has 1 N–H and O–H groups in total. The molecule has 1 spiro atoms. The Bertz CT molecular complexity index is 923. The van der Waals surface area contributed by atoms with E-state index in [9.17, 15) is 9.90 Å². The lowest BCUT2D eigenvalue weighted by Crippen LogP contribution is -2.52. The lowest BCUT2D eigenvalue weighted by molar-refractivity contribution is -0.124. The molecular weight excluding hydrogens is 368 g/mol. The second-order valence-electron chi connectivity index (χ2n) is 8.25. The van der Waals surface area contributed by atoms with Crippen molar-refractivity contribution in [3.05, 3.63) is 54.1 Å². The summed E-state index contributed by atoms with van der Waals surface area (Å²) in [6.45, 7) is 2.40. The molecule has 2 unspecified atom stereocenters. The van der Waals surface area contributed by atoms with Gasteiger partial charge < -0.3 is 24.4 Å². The molecule has 1 saturated heterocycles. The molecule has 6 nitrogen and oxygen atoms in total. The fourth-order valence-electron chi connectivity index (χ4n) is 4.92. The predicted octanol–water partition coefficient (Wildman–Crippen LogP) is 2.20. The molecular formula is C23H26N2O4. The SMILES string of the molecule is CN1C(=O)C2(CCN(CC(O)C3COc4ccccc4O3)CC2)c2ccccc21. The molecule has 3 aliphatic heterocycles. The third kappa shape index (κ3) is 2.98. The van der Waals surface area contributed by atoms with Crippen molar-refractivity contribution in [3.8, 4) is 11.5 Å². The van der Waals surface area contributed by atoms with E-state index in [1.54, 1.807) is 4.90 Å². The van der Waals surface area contributed by atoms with E-state index >= 15 is 0 Å². The van der Waals surface area contributed by atoms with Gasteiger partial charge in [-0.15, -0.1) is 0 Å². The zero-order chi connectivity index (χ0) is 20.0. The third-order valence-corrected chi connectivity index (χ3v) is 6.61. The number of carbonyl (C=O) groups is 1. The van der Waals surface area contributed by atoms with Crippen LogP contribution in [0, 0.1) is 0 Å². The van der Waals surface area contributed by atoms with Gasteiger partial charge in [0, 0.05) is 19.3 Å². The highest BCUT2D eigenvalue weighted by Gasteiger charge is 2.50. The van der Waals surface area contributed by atoms with Crippen LogP contribution in [0.1, 0.15) is 18.4 Å². The summed E-state index contributed by atoms with van der Waals surface area (Å²) in [4.78, 5) is 17.1. The molecule has 0 bridgehead atoms. The molecule has 3 heterocycles. The highest BCUT2D eigenvalue weighted by Crippen LogP contribution is 2.47. The van der Waals surface area contributed by atoms with Gasteiger partial charge in [0.05, 0.1) is 5.41 Å². The van der Waals surface area contributed by atoms with Crippen LogP contribution in [0.2, 0.25) is 0 Å². The molecule has 1 fully saturated rings. The maximum Gasteiger partial charge on any atom is 0.237 e. The highest BCUT2D eigenvalue weighted by molar-refractivity contribution is 6.07. The number of amides is 1. The Morgan fingerprint density at radius 1 is 1.10 bits per heavy atom. The first-order valence-electron chi connectivity index (χ1n) is 10.2. The number of piperidine rings is 1. The van der Waals surface area contributed by atoms with Gasteiger partial charge in [0.2, 0.25) is 5.91 Å². The zero-order valence-electron chi connectivity index (χ0n) is 16.6. The Labute approximate surface area is 170 Å². The lowest BCUT2D eigenvalue weighted by atomic mass is 9.73. The Hall–Kier alpha value is -2.57. The van der Waals surface area contributed by atoms with Crippen molar-refractivity contribution in [2.45, 2.75) is 30.5 Å². The fraction of sp³-hybridized carbons (Fsp3) is 0.435. The number of anilines is 1. The largest absolute Gasteiger partial charge is 0.486 e. The van der Waals surface area contributed by atoms with E-state index in [1.807, 2.05) is 49.5 Å². The normalized spacial score (nSPS) is 23.9. The van der Waals surface area contributed by atoms with Crippen molar-refractivity contribution < 1.29 is 19.4 Å². The number of aliphatic hydroxyl groups excluding tert-OH is 1. The molecule has 2 atom stereocenters.